The number of aliphatic hydroxyl groups is 1. The fourth-order valence-electron chi connectivity index (χ4n) is 5.44. The number of halogens is 7. The Bertz CT molecular complexity index is 1200. The molecule has 3 fully saturated rings. The summed E-state index contributed by atoms with van der Waals surface area (Å²) in [5.41, 5.74) is -6.10. The van der Waals surface area contributed by atoms with Gasteiger partial charge in [0.1, 0.15) is 24.5 Å². The van der Waals surface area contributed by atoms with Gasteiger partial charge in [0.25, 0.3) is 5.92 Å². The number of hydrogen-bond donors (Lipinski definition) is 1. The van der Waals surface area contributed by atoms with Crippen LogP contribution >= 0.6 is 0 Å². The maximum atomic E-state index is 16.0. The Morgan fingerprint density at radius 2 is 1.71 bits per heavy atom. The van der Waals surface area contributed by atoms with Gasteiger partial charge in [0.15, 0.2) is 5.60 Å². The lowest BCUT2D eigenvalue weighted by Gasteiger charge is -2.73. The van der Waals surface area contributed by atoms with Crippen LogP contribution in [0.1, 0.15) is 30.4 Å². The minimum atomic E-state index is -4.48. The van der Waals surface area contributed by atoms with Crippen molar-refractivity contribution in [2.24, 2.45) is 5.41 Å². The van der Waals surface area contributed by atoms with Gasteiger partial charge in [-0.1, -0.05) is 0 Å². The highest BCUT2D eigenvalue weighted by Gasteiger charge is 2.82. The summed E-state index contributed by atoms with van der Waals surface area (Å²) in [6.07, 6.45) is -1.55. The third-order valence-electron chi connectivity index (χ3n) is 6.96. The molecule has 7 nitrogen and oxygen atoms in total. The fourth-order valence-corrected chi connectivity index (χ4v) is 5.44. The molecule has 0 amide bonds. The van der Waals surface area contributed by atoms with Crippen molar-refractivity contribution in [2.45, 2.75) is 55.5 Å². The van der Waals surface area contributed by atoms with Gasteiger partial charge in [-0.2, -0.15) is 18.3 Å². The van der Waals surface area contributed by atoms with Crippen molar-refractivity contribution in [2.75, 3.05) is 0 Å². The second kappa shape index (κ2) is 6.99. The molecule has 1 N–H and O–H groups in total. The molecule has 0 saturated heterocycles. The molecular weight excluding hydrogens is 473 g/mol. The molecule has 3 aromatic rings. The molecule has 1 unspecified atom stereocenters. The monoisotopic (exact) mass is 490 g/mol. The summed E-state index contributed by atoms with van der Waals surface area (Å²) in [7, 11) is 0. The molecule has 2 heterocycles. The highest BCUT2D eigenvalue weighted by atomic mass is 19.4. The Labute approximate surface area is 187 Å². The third-order valence-corrected chi connectivity index (χ3v) is 6.96. The van der Waals surface area contributed by atoms with Crippen LogP contribution in [-0.2, 0) is 24.1 Å². The Morgan fingerprint density at radius 3 is 2.29 bits per heavy atom. The molecule has 34 heavy (non-hydrogen) atoms. The minimum absolute atomic E-state index is 0.147. The predicted octanol–water partition coefficient (Wildman–Crippen LogP) is 3.36. The van der Waals surface area contributed by atoms with E-state index in [0.29, 0.717) is 16.3 Å². The zero-order valence-electron chi connectivity index (χ0n) is 17.3. The van der Waals surface area contributed by atoms with Crippen molar-refractivity contribution < 1.29 is 35.8 Å². The van der Waals surface area contributed by atoms with Crippen LogP contribution in [0.25, 0.3) is 0 Å². The van der Waals surface area contributed by atoms with E-state index in [2.05, 4.69) is 20.6 Å². The predicted molar refractivity (Wildman–Crippen MR) is 99.3 cm³/mol. The first-order valence-corrected chi connectivity index (χ1v) is 10.2. The maximum absolute atomic E-state index is 16.0. The molecule has 0 radical (unpaired) electrons. The van der Waals surface area contributed by atoms with E-state index >= 15 is 8.78 Å². The van der Waals surface area contributed by atoms with E-state index in [4.69, 9.17) is 0 Å². The Balaban J connectivity index is 1.45. The summed E-state index contributed by atoms with van der Waals surface area (Å²) in [5.74, 6) is -6.28. The largest absolute Gasteiger partial charge is 0.408 e. The van der Waals surface area contributed by atoms with Crippen LogP contribution < -0.4 is 0 Å². The van der Waals surface area contributed by atoms with Gasteiger partial charge in [-0.05, 0) is 47.4 Å². The summed E-state index contributed by atoms with van der Waals surface area (Å²) >= 11 is 0. The zero-order valence-corrected chi connectivity index (χ0v) is 17.3. The van der Waals surface area contributed by atoms with Gasteiger partial charge in [0.2, 0.25) is 0 Å². The Hall–Kier alpha value is -3.03. The quantitative estimate of drug-likeness (QED) is 0.514. The van der Waals surface area contributed by atoms with Gasteiger partial charge in [-0.15, -0.1) is 5.10 Å². The molecule has 2 bridgehead atoms. The molecular formula is C20H17F7N6O. The lowest BCUT2D eigenvalue weighted by Crippen LogP contribution is -2.76. The number of rotatable bonds is 7. The number of tetrazole rings is 1. The van der Waals surface area contributed by atoms with Crippen molar-refractivity contribution in [3.8, 4) is 0 Å². The second-order valence-corrected chi connectivity index (χ2v) is 9.20. The van der Waals surface area contributed by atoms with Crippen LogP contribution in [0, 0.1) is 17.0 Å². The van der Waals surface area contributed by atoms with E-state index in [9.17, 15) is 27.1 Å². The van der Waals surface area contributed by atoms with Gasteiger partial charge >= 0.3 is 6.18 Å². The number of nitrogens with zero attached hydrogens (tertiary/aromatic N) is 6. The van der Waals surface area contributed by atoms with E-state index in [1.54, 1.807) is 0 Å². The lowest BCUT2D eigenvalue weighted by atomic mass is 9.31. The van der Waals surface area contributed by atoms with Crippen LogP contribution in [0.15, 0.2) is 36.9 Å². The van der Waals surface area contributed by atoms with Crippen molar-refractivity contribution in [3.63, 3.8) is 0 Å². The molecule has 6 rings (SSSR count). The molecule has 0 spiro atoms. The first kappa shape index (κ1) is 22.7. The molecule has 3 aliphatic carbocycles. The SMILES string of the molecule is OC(Cn1cnnn1)(c1ccc(F)cc1F)C(F)(F)C12CC(c3cnn(CC(F)(F)F)c3)(C1)C2. The summed E-state index contributed by atoms with van der Waals surface area (Å²) < 4.78 is 99.5. The first-order valence-electron chi connectivity index (χ1n) is 10.2. The highest BCUT2D eigenvalue weighted by molar-refractivity contribution is 5.41. The minimum Gasteiger partial charge on any atom is -0.377 e. The summed E-state index contributed by atoms with van der Waals surface area (Å²) in [6, 6.07) is 1.91. The van der Waals surface area contributed by atoms with E-state index < -0.39 is 58.8 Å². The number of alkyl halides is 5. The highest BCUT2D eigenvalue weighted by Crippen LogP contribution is 2.80. The normalized spacial score (nSPS) is 26.0. The Morgan fingerprint density at radius 1 is 1.00 bits per heavy atom. The molecule has 14 heteroatoms. The molecule has 3 saturated carbocycles. The molecule has 0 aliphatic heterocycles. The first-order chi connectivity index (χ1) is 15.8. The summed E-state index contributed by atoms with van der Waals surface area (Å²) in [6.45, 7) is -2.21. The lowest BCUT2D eigenvalue weighted by molar-refractivity contribution is -0.347. The van der Waals surface area contributed by atoms with Gasteiger partial charge in [0, 0.05) is 28.7 Å². The van der Waals surface area contributed by atoms with Gasteiger partial charge in [0.05, 0.1) is 12.7 Å². The van der Waals surface area contributed by atoms with Crippen LogP contribution in [0.5, 0.6) is 0 Å². The van der Waals surface area contributed by atoms with Crippen LogP contribution in [-0.4, -0.2) is 47.2 Å². The van der Waals surface area contributed by atoms with Gasteiger partial charge in [-0.3, -0.25) is 4.68 Å². The Kier molecular flexibility index (Phi) is 4.68. The molecule has 2 aromatic heterocycles. The topological polar surface area (TPSA) is 81.7 Å². The van der Waals surface area contributed by atoms with Crippen molar-refractivity contribution in [1.82, 2.24) is 30.0 Å². The van der Waals surface area contributed by atoms with Crippen molar-refractivity contribution in [3.05, 3.63) is 59.7 Å². The standard InChI is InChI=1S/C20H17F7N6O/c21-13-1-2-14(15(22)3-13)18(34,9-33-11-28-30-31-33)20(26,27)17-6-16(7-17,8-17)12-4-29-32(5-12)10-19(23,24)25/h1-5,11,34H,6-10H2. The van der Waals surface area contributed by atoms with Gasteiger partial charge in [-0.25, -0.2) is 22.2 Å². The van der Waals surface area contributed by atoms with Crippen LogP contribution in [0.2, 0.25) is 0 Å². The smallest absolute Gasteiger partial charge is 0.377 e. The van der Waals surface area contributed by atoms with Gasteiger partial charge < -0.3 is 5.11 Å². The number of benzene rings is 1. The van der Waals surface area contributed by atoms with E-state index in [-0.39, 0.29) is 19.3 Å². The molecule has 1 atom stereocenters. The molecule has 3 aliphatic rings. The average Bonchev–Trinajstić information content (AvgIpc) is 3.30. The van der Waals surface area contributed by atoms with E-state index in [1.807, 2.05) is 0 Å². The second-order valence-electron chi connectivity index (χ2n) is 9.20. The molecule has 182 valence electrons. The van der Waals surface area contributed by atoms with Crippen LogP contribution in [0.3, 0.4) is 0 Å². The molecule has 1 aromatic carbocycles. The van der Waals surface area contributed by atoms with E-state index in [0.717, 1.165) is 23.1 Å². The third kappa shape index (κ3) is 3.21. The number of aromatic nitrogens is 6. The summed E-state index contributed by atoms with van der Waals surface area (Å²) in [4.78, 5) is 0. The fraction of sp³-hybridized carbons (Fsp3) is 0.500. The van der Waals surface area contributed by atoms with Crippen molar-refractivity contribution in [1.29, 1.82) is 0 Å². The average molecular weight is 490 g/mol. The van der Waals surface area contributed by atoms with E-state index in [1.165, 1.54) is 12.4 Å². The summed E-state index contributed by atoms with van der Waals surface area (Å²) in [5, 5.41) is 25.1. The van der Waals surface area contributed by atoms with Crippen molar-refractivity contribution >= 4 is 0 Å². The maximum Gasteiger partial charge on any atom is 0.408 e. The number of hydrogen-bond acceptors (Lipinski definition) is 5. The zero-order chi connectivity index (χ0) is 24.6. The van der Waals surface area contributed by atoms with Crippen LogP contribution in [0.4, 0.5) is 30.7 Å².